The van der Waals surface area contributed by atoms with E-state index in [2.05, 4.69) is 20.5 Å². The summed E-state index contributed by atoms with van der Waals surface area (Å²) in [5, 5.41) is 6.12. The number of benzene rings is 1. The first-order valence-corrected chi connectivity index (χ1v) is 11.5. The molecule has 0 aliphatic carbocycles. The van der Waals surface area contributed by atoms with Gasteiger partial charge in [-0.1, -0.05) is 29.3 Å². The Bertz CT molecular complexity index is 1090. The van der Waals surface area contributed by atoms with Crippen LogP contribution in [0.2, 0.25) is 10.0 Å². The van der Waals surface area contributed by atoms with E-state index in [4.69, 9.17) is 23.2 Å². The van der Waals surface area contributed by atoms with E-state index < -0.39 is 17.5 Å². The van der Waals surface area contributed by atoms with Crippen LogP contribution in [0.25, 0.3) is 0 Å². The molecule has 2 N–H and O–H groups in total. The number of halogens is 2. The minimum Gasteiger partial charge on any atom is -0.365 e. The number of aromatic nitrogens is 1. The second kappa shape index (κ2) is 9.19. The van der Waals surface area contributed by atoms with Crippen LogP contribution in [0.5, 0.6) is 0 Å². The number of carbonyl (C=O) groups is 3. The third kappa shape index (κ3) is 4.77. The van der Waals surface area contributed by atoms with Gasteiger partial charge in [0.15, 0.2) is 5.54 Å². The van der Waals surface area contributed by atoms with Gasteiger partial charge in [0, 0.05) is 53.5 Å². The molecule has 1 aromatic heterocycles. The molecule has 0 bridgehead atoms. The van der Waals surface area contributed by atoms with Crippen LogP contribution in [0.15, 0.2) is 36.4 Å². The number of hydrogen-bond donors (Lipinski definition) is 2. The van der Waals surface area contributed by atoms with Gasteiger partial charge in [-0.15, -0.1) is 0 Å². The molecule has 1 aromatic carbocycles. The standard InChI is InChI=1S/C23H25Cl2N5O3/c1-14-4-3-5-19(26-14)23(21(32)27-22(33)28-23)7-6-20(31)29-8-9-30(15(2)13-29)18-11-16(24)10-17(25)12-18/h3-5,10-12,15H,6-9,13H2,1-2H3,(H2,27,28,32,33)/t15-,23?/m0/s1. The molecule has 2 saturated heterocycles. The van der Waals surface area contributed by atoms with Crippen molar-refractivity contribution in [3.8, 4) is 0 Å². The third-order valence-electron chi connectivity index (χ3n) is 6.14. The number of carbonyl (C=O) groups excluding carboxylic acids is 3. The summed E-state index contributed by atoms with van der Waals surface area (Å²) in [7, 11) is 0. The molecule has 4 rings (SSSR count). The van der Waals surface area contributed by atoms with Crippen molar-refractivity contribution in [1.82, 2.24) is 20.5 Å². The molecule has 8 nitrogen and oxygen atoms in total. The fraction of sp³-hybridized carbons (Fsp3) is 0.391. The Morgan fingerprint density at radius 3 is 2.52 bits per heavy atom. The zero-order valence-electron chi connectivity index (χ0n) is 18.4. The minimum absolute atomic E-state index is 0.0547. The summed E-state index contributed by atoms with van der Waals surface area (Å²) in [6.07, 6.45) is 0.220. The molecule has 2 aliphatic rings. The zero-order chi connectivity index (χ0) is 23.8. The largest absolute Gasteiger partial charge is 0.365 e. The molecule has 2 aromatic rings. The molecule has 33 heavy (non-hydrogen) atoms. The van der Waals surface area contributed by atoms with Crippen LogP contribution in [0.1, 0.15) is 31.2 Å². The molecule has 10 heteroatoms. The number of hydrogen-bond acceptors (Lipinski definition) is 5. The van der Waals surface area contributed by atoms with Gasteiger partial charge in [-0.25, -0.2) is 4.79 Å². The van der Waals surface area contributed by atoms with Crippen LogP contribution in [-0.2, 0) is 15.1 Å². The fourth-order valence-corrected chi connectivity index (χ4v) is 5.00. The normalized spacial score (nSPS) is 22.8. The van der Waals surface area contributed by atoms with E-state index in [0.29, 0.717) is 35.4 Å². The minimum atomic E-state index is -1.36. The highest BCUT2D eigenvalue weighted by Gasteiger charge is 2.49. The van der Waals surface area contributed by atoms with Gasteiger partial charge in [0.1, 0.15) is 0 Å². The van der Waals surface area contributed by atoms with Crippen LogP contribution in [-0.4, -0.2) is 53.4 Å². The van der Waals surface area contributed by atoms with E-state index in [-0.39, 0.29) is 24.8 Å². The van der Waals surface area contributed by atoms with Gasteiger partial charge in [0.25, 0.3) is 5.91 Å². The highest BCUT2D eigenvalue weighted by atomic mass is 35.5. The molecule has 0 radical (unpaired) electrons. The Morgan fingerprint density at radius 2 is 1.91 bits per heavy atom. The maximum absolute atomic E-state index is 13.1. The Balaban J connectivity index is 1.45. The summed E-state index contributed by atoms with van der Waals surface area (Å²) >= 11 is 12.3. The Hall–Kier alpha value is -2.84. The molecule has 2 aliphatic heterocycles. The predicted molar refractivity (Wildman–Crippen MR) is 126 cm³/mol. The van der Waals surface area contributed by atoms with Crippen LogP contribution < -0.4 is 15.5 Å². The Morgan fingerprint density at radius 1 is 1.18 bits per heavy atom. The first kappa shape index (κ1) is 23.3. The molecule has 0 saturated carbocycles. The highest BCUT2D eigenvalue weighted by molar-refractivity contribution is 6.35. The second-order valence-electron chi connectivity index (χ2n) is 8.49. The summed E-state index contributed by atoms with van der Waals surface area (Å²) in [5.41, 5.74) is 0.707. The summed E-state index contributed by atoms with van der Waals surface area (Å²) in [6.45, 7) is 5.53. The maximum atomic E-state index is 13.1. The van der Waals surface area contributed by atoms with E-state index in [1.54, 1.807) is 23.1 Å². The van der Waals surface area contributed by atoms with Gasteiger partial charge >= 0.3 is 6.03 Å². The van der Waals surface area contributed by atoms with Gasteiger partial charge in [0.05, 0.1) is 5.69 Å². The summed E-state index contributed by atoms with van der Waals surface area (Å²) in [6, 6.07) is 10.2. The van der Waals surface area contributed by atoms with Gasteiger partial charge in [-0.05, 0) is 50.6 Å². The number of aryl methyl sites for hydroxylation is 1. The number of piperazine rings is 1. The van der Waals surface area contributed by atoms with Crippen LogP contribution >= 0.6 is 23.2 Å². The SMILES string of the molecule is Cc1cccc(C2(CCC(=O)N3CCN(c4cc(Cl)cc(Cl)c4)[C@@H](C)C3)NC(=O)NC2=O)n1. The Labute approximate surface area is 202 Å². The number of amides is 4. The topological polar surface area (TPSA) is 94.6 Å². The van der Waals surface area contributed by atoms with E-state index in [0.717, 1.165) is 11.4 Å². The molecule has 0 spiro atoms. The summed E-state index contributed by atoms with van der Waals surface area (Å²) < 4.78 is 0. The van der Waals surface area contributed by atoms with Crippen LogP contribution in [0.3, 0.4) is 0 Å². The Kier molecular flexibility index (Phi) is 6.50. The second-order valence-corrected chi connectivity index (χ2v) is 9.36. The lowest BCUT2D eigenvalue weighted by molar-refractivity contribution is -0.133. The van der Waals surface area contributed by atoms with Crippen molar-refractivity contribution < 1.29 is 14.4 Å². The predicted octanol–water partition coefficient (Wildman–Crippen LogP) is 3.25. The number of anilines is 1. The summed E-state index contributed by atoms with van der Waals surface area (Å²) in [5.74, 6) is -0.568. The first-order chi connectivity index (χ1) is 15.7. The highest BCUT2D eigenvalue weighted by Crippen LogP contribution is 2.31. The smallest absolute Gasteiger partial charge is 0.322 e. The molecule has 3 heterocycles. The van der Waals surface area contributed by atoms with Crippen molar-refractivity contribution in [2.45, 2.75) is 38.3 Å². The van der Waals surface area contributed by atoms with Crippen molar-refractivity contribution in [1.29, 1.82) is 0 Å². The third-order valence-corrected chi connectivity index (χ3v) is 6.58. The average molecular weight is 490 g/mol. The van der Waals surface area contributed by atoms with Gasteiger partial charge in [0.2, 0.25) is 5.91 Å². The van der Waals surface area contributed by atoms with E-state index in [9.17, 15) is 14.4 Å². The lowest BCUT2D eigenvalue weighted by Crippen LogP contribution is -2.54. The van der Waals surface area contributed by atoms with Crippen molar-refractivity contribution in [3.05, 3.63) is 57.8 Å². The zero-order valence-corrected chi connectivity index (χ0v) is 19.9. The number of urea groups is 1. The van der Waals surface area contributed by atoms with Gasteiger partial charge in [-0.2, -0.15) is 0 Å². The molecule has 174 valence electrons. The monoisotopic (exact) mass is 489 g/mol. The molecule has 1 unspecified atom stereocenters. The van der Waals surface area contributed by atoms with Crippen LogP contribution in [0, 0.1) is 6.92 Å². The number of nitrogens with one attached hydrogen (secondary N) is 2. The number of pyridine rings is 1. The van der Waals surface area contributed by atoms with Crippen molar-refractivity contribution in [3.63, 3.8) is 0 Å². The van der Waals surface area contributed by atoms with Crippen molar-refractivity contribution >= 4 is 46.7 Å². The van der Waals surface area contributed by atoms with E-state index >= 15 is 0 Å². The van der Waals surface area contributed by atoms with Crippen molar-refractivity contribution in [2.75, 3.05) is 24.5 Å². The maximum Gasteiger partial charge on any atom is 0.322 e. The number of imide groups is 1. The van der Waals surface area contributed by atoms with Crippen molar-refractivity contribution in [2.24, 2.45) is 0 Å². The molecular formula is C23H25Cl2N5O3. The van der Waals surface area contributed by atoms with E-state index in [1.807, 2.05) is 32.0 Å². The molecule has 2 atom stereocenters. The fourth-order valence-electron chi connectivity index (χ4n) is 4.48. The van der Waals surface area contributed by atoms with E-state index in [1.165, 1.54) is 0 Å². The quantitative estimate of drug-likeness (QED) is 0.628. The average Bonchev–Trinajstić information content (AvgIpc) is 3.05. The van der Waals surface area contributed by atoms with Gasteiger partial charge in [-0.3, -0.25) is 19.9 Å². The summed E-state index contributed by atoms with van der Waals surface area (Å²) in [4.78, 5) is 46.2. The van der Waals surface area contributed by atoms with Gasteiger partial charge < -0.3 is 15.1 Å². The lowest BCUT2D eigenvalue weighted by Gasteiger charge is -2.41. The lowest BCUT2D eigenvalue weighted by atomic mass is 9.88. The number of rotatable bonds is 5. The van der Waals surface area contributed by atoms with Crippen LogP contribution in [0.4, 0.5) is 10.5 Å². The first-order valence-electron chi connectivity index (χ1n) is 10.8. The molecule has 2 fully saturated rings. The molecule has 4 amide bonds. The number of nitrogens with zero attached hydrogens (tertiary/aromatic N) is 3. The molecular weight excluding hydrogens is 465 g/mol.